The van der Waals surface area contributed by atoms with E-state index in [9.17, 15) is 9.59 Å². The summed E-state index contributed by atoms with van der Waals surface area (Å²) in [6.45, 7) is 3.83. The fourth-order valence-electron chi connectivity index (χ4n) is 2.52. The highest BCUT2D eigenvalue weighted by Crippen LogP contribution is 2.20. The Hall–Kier alpha value is -1.56. The molecule has 2 N–H and O–H groups in total. The molecule has 1 aliphatic heterocycles. The Morgan fingerprint density at radius 3 is 2.95 bits per heavy atom. The van der Waals surface area contributed by atoms with Gasteiger partial charge in [0.1, 0.15) is 0 Å². The maximum atomic E-state index is 12.1. The van der Waals surface area contributed by atoms with Crippen molar-refractivity contribution >= 4 is 23.3 Å². The molecule has 0 spiro atoms. The molecule has 0 aliphatic carbocycles. The van der Waals surface area contributed by atoms with E-state index in [1.54, 1.807) is 16.2 Å². The normalized spacial score (nSPS) is 18.9. The van der Waals surface area contributed by atoms with Crippen molar-refractivity contribution in [1.29, 1.82) is 0 Å². The van der Waals surface area contributed by atoms with Crippen molar-refractivity contribution in [2.24, 2.45) is 5.92 Å². The molecule has 1 fully saturated rings. The third-order valence-electron chi connectivity index (χ3n) is 3.48. The van der Waals surface area contributed by atoms with Gasteiger partial charge in [-0.3, -0.25) is 4.79 Å². The number of carbonyl (C=O) groups excluding carboxylic acids is 1. The number of thiophene rings is 1. The van der Waals surface area contributed by atoms with Crippen LogP contribution in [0.5, 0.6) is 0 Å². The number of hydrogen-bond donors (Lipinski definition) is 2. The van der Waals surface area contributed by atoms with Gasteiger partial charge in [-0.2, -0.15) is 0 Å². The summed E-state index contributed by atoms with van der Waals surface area (Å²) in [6.07, 6.45) is 1.91. The largest absolute Gasteiger partial charge is 0.481 e. The summed E-state index contributed by atoms with van der Waals surface area (Å²) >= 11 is 1.67. The molecule has 1 atom stereocenters. The Labute approximate surface area is 122 Å². The first-order valence-corrected chi connectivity index (χ1v) is 7.66. The molecule has 2 heterocycles. The molecule has 2 rings (SSSR count). The van der Waals surface area contributed by atoms with Crippen molar-refractivity contribution < 1.29 is 14.7 Å². The highest BCUT2D eigenvalue weighted by atomic mass is 32.1. The molecule has 0 aromatic carbocycles. The number of rotatable bonds is 4. The van der Waals surface area contributed by atoms with Crippen LogP contribution in [0, 0.1) is 12.8 Å². The first-order chi connectivity index (χ1) is 9.54. The molecule has 2 amide bonds. The van der Waals surface area contributed by atoms with Gasteiger partial charge < -0.3 is 15.3 Å². The van der Waals surface area contributed by atoms with Gasteiger partial charge in [0.15, 0.2) is 0 Å². The van der Waals surface area contributed by atoms with Crippen molar-refractivity contribution in [3.05, 3.63) is 21.9 Å². The first kappa shape index (κ1) is 14.8. The molecule has 5 nitrogen and oxygen atoms in total. The van der Waals surface area contributed by atoms with Crippen molar-refractivity contribution in [3.63, 3.8) is 0 Å². The van der Waals surface area contributed by atoms with E-state index >= 15 is 0 Å². The molecule has 110 valence electrons. The number of likely N-dealkylation sites (tertiary alicyclic amines) is 1. The van der Waals surface area contributed by atoms with Crippen LogP contribution in [0.3, 0.4) is 0 Å². The smallest absolute Gasteiger partial charge is 0.317 e. The van der Waals surface area contributed by atoms with Gasteiger partial charge in [-0.15, -0.1) is 11.3 Å². The standard InChI is InChI=1S/C14H20N2O3S/c1-10-4-5-12(20-10)8-15-14(19)16-6-2-3-11(9-16)7-13(17)18/h4-5,11H,2-3,6-9H2,1H3,(H,15,19)(H,17,18). The van der Waals surface area contributed by atoms with Gasteiger partial charge in [0.2, 0.25) is 0 Å². The molecule has 1 saturated heterocycles. The summed E-state index contributed by atoms with van der Waals surface area (Å²) in [6, 6.07) is 3.96. The summed E-state index contributed by atoms with van der Waals surface area (Å²) < 4.78 is 0. The fraction of sp³-hybridized carbons (Fsp3) is 0.571. The lowest BCUT2D eigenvalue weighted by Gasteiger charge is -2.32. The number of aliphatic carboxylic acids is 1. The van der Waals surface area contributed by atoms with Crippen LogP contribution < -0.4 is 5.32 Å². The summed E-state index contributed by atoms with van der Waals surface area (Å²) in [5.74, 6) is -0.706. The molecular formula is C14H20N2O3S. The summed E-state index contributed by atoms with van der Waals surface area (Å²) in [4.78, 5) is 26.9. The zero-order valence-electron chi connectivity index (χ0n) is 11.6. The second kappa shape index (κ2) is 6.74. The number of nitrogens with one attached hydrogen (secondary N) is 1. The average Bonchev–Trinajstić information content (AvgIpc) is 2.81. The highest BCUT2D eigenvalue weighted by molar-refractivity contribution is 7.11. The lowest BCUT2D eigenvalue weighted by Crippen LogP contribution is -2.45. The van der Waals surface area contributed by atoms with Gasteiger partial charge in [-0.25, -0.2) is 4.79 Å². The molecule has 0 radical (unpaired) electrons. The lowest BCUT2D eigenvalue weighted by atomic mass is 9.95. The van der Waals surface area contributed by atoms with E-state index in [-0.39, 0.29) is 18.4 Å². The number of amides is 2. The summed E-state index contributed by atoms with van der Waals surface area (Å²) in [5.41, 5.74) is 0. The molecule has 20 heavy (non-hydrogen) atoms. The van der Waals surface area contributed by atoms with Crippen LogP contribution in [0.15, 0.2) is 12.1 Å². The van der Waals surface area contributed by atoms with Gasteiger partial charge in [0.05, 0.1) is 6.54 Å². The van der Waals surface area contributed by atoms with Crippen LogP contribution in [-0.4, -0.2) is 35.1 Å². The Bertz CT molecular complexity index is 487. The predicted molar refractivity (Wildman–Crippen MR) is 77.8 cm³/mol. The molecule has 1 unspecified atom stereocenters. The molecule has 1 aromatic heterocycles. The van der Waals surface area contributed by atoms with Crippen LogP contribution in [0.1, 0.15) is 29.0 Å². The van der Waals surface area contributed by atoms with Crippen molar-refractivity contribution in [2.75, 3.05) is 13.1 Å². The monoisotopic (exact) mass is 296 g/mol. The maximum Gasteiger partial charge on any atom is 0.317 e. The van der Waals surface area contributed by atoms with E-state index in [0.29, 0.717) is 19.6 Å². The Morgan fingerprint density at radius 1 is 1.50 bits per heavy atom. The van der Waals surface area contributed by atoms with Gasteiger partial charge in [0, 0.05) is 29.3 Å². The number of aryl methyl sites for hydroxylation is 1. The third-order valence-corrected chi connectivity index (χ3v) is 4.48. The highest BCUT2D eigenvalue weighted by Gasteiger charge is 2.25. The number of urea groups is 1. The topological polar surface area (TPSA) is 69.6 Å². The van der Waals surface area contributed by atoms with Crippen LogP contribution in [0.2, 0.25) is 0 Å². The Kier molecular flexibility index (Phi) is 5.00. The van der Waals surface area contributed by atoms with Gasteiger partial charge in [-0.05, 0) is 37.8 Å². The minimum absolute atomic E-state index is 0.0796. The van der Waals surface area contributed by atoms with E-state index in [1.807, 2.05) is 19.1 Å². The van der Waals surface area contributed by atoms with Gasteiger partial charge >= 0.3 is 12.0 Å². The average molecular weight is 296 g/mol. The van der Waals surface area contributed by atoms with Crippen molar-refractivity contribution in [2.45, 2.75) is 32.7 Å². The number of hydrogen-bond acceptors (Lipinski definition) is 3. The summed E-state index contributed by atoms with van der Waals surface area (Å²) in [5, 5.41) is 11.7. The number of carboxylic acids is 1. The molecule has 6 heteroatoms. The molecule has 0 saturated carbocycles. The number of piperidine rings is 1. The lowest BCUT2D eigenvalue weighted by molar-refractivity contribution is -0.138. The van der Waals surface area contributed by atoms with E-state index in [2.05, 4.69) is 5.32 Å². The SMILES string of the molecule is Cc1ccc(CNC(=O)N2CCCC(CC(=O)O)C2)s1. The fourth-order valence-corrected chi connectivity index (χ4v) is 3.35. The van der Waals surface area contributed by atoms with E-state index in [1.165, 1.54) is 4.88 Å². The molecule has 1 aliphatic rings. The predicted octanol–water partition coefficient (Wildman–Crippen LogP) is 2.45. The van der Waals surface area contributed by atoms with Crippen LogP contribution in [0.25, 0.3) is 0 Å². The van der Waals surface area contributed by atoms with Crippen LogP contribution >= 0.6 is 11.3 Å². The zero-order valence-corrected chi connectivity index (χ0v) is 12.4. The van der Waals surface area contributed by atoms with E-state index < -0.39 is 5.97 Å². The van der Waals surface area contributed by atoms with Crippen LogP contribution in [0.4, 0.5) is 4.79 Å². The third kappa shape index (κ3) is 4.23. The number of nitrogens with zero attached hydrogens (tertiary/aromatic N) is 1. The number of carbonyl (C=O) groups is 2. The second-order valence-electron chi connectivity index (χ2n) is 5.22. The second-order valence-corrected chi connectivity index (χ2v) is 6.60. The van der Waals surface area contributed by atoms with Crippen LogP contribution in [-0.2, 0) is 11.3 Å². The Balaban J connectivity index is 1.81. The van der Waals surface area contributed by atoms with Gasteiger partial charge in [-0.1, -0.05) is 0 Å². The summed E-state index contributed by atoms with van der Waals surface area (Å²) in [7, 11) is 0. The molecule has 1 aromatic rings. The number of carboxylic acid groups (broad SMARTS) is 1. The zero-order chi connectivity index (χ0) is 14.5. The van der Waals surface area contributed by atoms with Gasteiger partial charge in [0.25, 0.3) is 0 Å². The van der Waals surface area contributed by atoms with E-state index in [0.717, 1.165) is 17.7 Å². The van der Waals surface area contributed by atoms with E-state index in [4.69, 9.17) is 5.11 Å². The maximum absolute atomic E-state index is 12.1. The first-order valence-electron chi connectivity index (χ1n) is 6.84. The van der Waals surface area contributed by atoms with Crippen molar-refractivity contribution in [3.8, 4) is 0 Å². The Morgan fingerprint density at radius 2 is 2.30 bits per heavy atom. The van der Waals surface area contributed by atoms with Crippen molar-refractivity contribution in [1.82, 2.24) is 10.2 Å². The molecular weight excluding hydrogens is 276 g/mol. The minimum atomic E-state index is -0.786. The molecule has 0 bridgehead atoms. The minimum Gasteiger partial charge on any atom is -0.481 e. The quantitative estimate of drug-likeness (QED) is 0.896.